The molecule has 0 aromatic heterocycles. The van der Waals surface area contributed by atoms with E-state index in [2.05, 4.69) is 4.72 Å². The molecule has 18 heavy (non-hydrogen) atoms. The monoisotopic (exact) mass is 271 g/mol. The summed E-state index contributed by atoms with van der Waals surface area (Å²) in [5.41, 5.74) is -0.182. The van der Waals surface area contributed by atoms with Crippen molar-refractivity contribution in [1.29, 1.82) is 0 Å². The van der Waals surface area contributed by atoms with Gasteiger partial charge in [0.25, 0.3) is 0 Å². The van der Waals surface area contributed by atoms with Crippen molar-refractivity contribution in [3.63, 3.8) is 0 Å². The second-order valence-electron chi connectivity index (χ2n) is 5.03. The van der Waals surface area contributed by atoms with Gasteiger partial charge in [-0.1, -0.05) is 18.2 Å². The minimum Gasteiger partial charge on any atom is -0.376 e. The predicted octanol–water partition coefficient (Wildman–Crippen LogP) is 2.17. The minimum absolute atomic E-state index is 0.182. The van der Waals surface area contributed by atoms with Gasteiger partial charge in [-0.15, -0.1) is 0 Å². The van der Waals surface area contributed by atoms with Gasteiger partial charge in [0.2, 0.25) is 10.0 Å². The van der Waals surface area contributed by atoms with E-state index in [1.807, 2.05) is 20.8 Å². The number of nitrogens with one attached hydrogen (secondary N) is 1. The lowest BCUT2D eigenvalue weighted by atomic mass is 10.2. The third-order valence-electron chi connectivity index (χ3n) is 2.20. The molecule has 0 spiro atoms. The van der Waals surface area contributed by atoms with Crippen molar-refractivity contribution >= 4 is 10.0 Å². The van der Waals surface area contributed by atoms with Crippen molar-refractivity contribution in [3.8, 4) is 0 Å². The zero-order valence-electron chi connectivity index (χ0n) is 11.1. The summed E-state index contributed by atoms with van der Waals surface area (Å²) in [6.07, 6.45) is 0.656. The minimum atomic E-state index is -3.38. The highest BCUT2D eigenvalue weighted by Gasteiger charge is 2.13. The summed E-state index contributed by atoms with van der Waals surface area (Å²) < 4.78 is 31.7. The Morgan fingerprint density at radius 3 is 2.33 bits per heavy atom. The molecule has 0 aliphatic carbocycles. The maximum absolute atomic E-state index is 11.8. The first-order chi connectivity index (χ1) is 8.31. The number of hydrogen-bond acceptors (Lipinski definition) is 3. The molecule has 0 radical (unpaired) electrons. The van der Waals surface area contributed by atoms with Gasteiger partial charge in [-0.3, -0.25) is 0 Å². The van der Waals surface area contributed by atoms with Crippen molar-refractivity contribution in [2.45, 2.75) is 37.7 Å². The van der Waals surface area contributed by atoms with Crippen LogP contribution in [0.1, 0.15) is 27.2 Å². The van der Waals surface area contributed by atoms with Gasteiger partial charge < -0.3 is 4.74 Å². The number of sulfonamides is 1. The Balaban J connectivity index is 2.36. The van der Waals surface area contributed by atoms with Gasteiger partial charge in [0.05, 0.1) is 10.5 Å². The van der Waals surface area contributed by atoms with E-state index in [9.17, 15) is 8.42 Å². The highest BCUT2D eigenvalue weighted by molar-refractivity contribution is 7.89. The van der Waals surface area contributed by atoms with Crippen LogP contribution in [0.3, 0.4) is 0 Å². The molecule has 1 N–H and O–H groups in total. The average Bonchev–Trinajstić information content (AvgIpc) is 2.28. The number of rotatable bonds is 6. The van der Waals surface area contributed by atoms with Gasteiger partial charge in [-0.2, -0.15) is 0 Å². The molecule has 0 heterocycles. The fourth-order valence-corrected chi connectivity index (χ4v) is 2.44. The third-order valence-corrected chi connectivity index (χ3v) is 3.68. The SMILES string of the molecule is CC(C)(C)OCCCNS(=O)(=O)c1ccccc1. The van der Waals surface area contributed by atoms with E-state index in [0.717, 1.165) is 0 Å². The Labute approximate surface area is 109 Å². The highest BCUT2D eigenvalue weighted by Crippen LogP contribution is 2.08. The topological polar surface area (TPSA) is 55.4 Å². The molecule has 1 rings (SSSR count). The molecule has 0 bridgehead atoms. The standard InChI is InChI=1S/C13H21NO3S/c1-13(2,3)17-11-7-10-14-18(15,16)12-8-5-4-6-9-12/h4-6,8-9,14H,7,10-11H2,1-3H3. The summed E-state index contributed by atoms with van der Waals surface area (Å²) in [7, 11) is -3.38. The van der Waals surface area contributed by atoms with Gasteiger partial charge in [0.15, 0.2) is 0 Å². The molecule has 0 aliphatic heterocycles. The molecule has 0 fully saturated rings. The van der Waals surface area contributed by atoms with Crippen molar-refractivity contribution in [1.82, 2.24) is 4.72 Å². The molecule has 0 saturated heterocycles. The van der Waals surface area contributed by atoms with Crippen LogP contribution in [-0.2, 0) is 14.8 Å². The molecule has 0 amide bonds. The van der Waals surface area contributed by atoms with Crippen LogP contribution in [0, 0.1) is 0 Å². The molecular weight excluding hydrogens is 250 g/mol. The largest absolute Gasteiger partial charge is 0.376 e. The Morgan fingerprint density at radius 1 is 1.17 bits per heavy atom. The van der Waals surface area contributed by atoms with Crippen molar-refractivity contribution in [2.75, 3.05) is 13.2 Å². The molecule has 0 saturated carbocycles. The van der Waals surface area contributed by atoms with E-state index in [1.165, 1.54) is 0 Å². The van der Waals surface area contributed by atoms with Crippen LogP contribution in [0.5, 0.6) is 0 Å². The molecule has 102 valence electrons. The van der Waals surface area contributed by atoms with Gasteiger partial charge in [0.1, 0.15) is 0 Å². The molecule has 5 heteroatoms. The van der Waals surface area contributed by atoms with Crippen LogP contribution in [-0.4, -0.2) is 27.2 Å². The lowest BCUT2D eigenvalue weighted by molar-refractivity contribution is -0.00336. The number of ether oxygens (including phenoxy) is 1. The van der Waals surface area contributed by atoms with Crippen molar-refractivity contribution < 1.29 is 13.2 Å². The van der Waals surface area contributed by atoms with Gasteiger partial charge in [0, 0.05) is 13.2 Å². The molecule has 4 nitrogen and oxygen atoms in total. The number of benzene rings is 1. The molecule has 1 aromatic carbocycles. The predicted molar refractivity (Wildman–Crippen MR) is 72.0 cm³/mol. The second kappa shape index (κ2) is 6.31. The van der Waals surface area contributed by atoms with E-state index < -0.39 is 10.0 Å². The van der Waals surface area contributed by atoms with E-state index in [-0.39, 0.29) is 5.60 Å². The lowest BCUT2D eigenvalue weighted by Gasteiger charge is -2.19. The van der Waals surface area contributed by atoms with Crippen LogP contribution in [0.25, 0.3) is 0 Å². The van der Waals surface area contributed by atoms with Crippen molar-refractivity contribution in [3.05, 3.63) is 30.3 Å². The average molecular weight is 271 g/mol. The van der Waals surface area contributed by atoms with E-state index >= 15 is 0 Å². The van der Waals surface area contributed by atoms with E-state index in [4.69, 9.17) is 4.74 Å². The fourth-order valence-electron chi connectivity index (χ4n) is 1.34. The summed E-state index contributed by atoms with van der Waals surface area (Å²) in [5.74, 6) is 0. The van der Waals surface area contributed by atoms with Crippen LogP contribution < -0.4 is 4.72 Å². The zero-order chi connectivity index (χ0) is 13.6. The smallest absolute Gasteiger partial charge is 0.240 e. The Morgan fingerprint density at radius 2 is 1.78 bits per heavy atom. The highest BCUT2D eigenvalue weighted by atomic mass is 32.2. The van der Waals surface area contributed by atoms with Crippen molar-refractivity contribution in [2.24, 2.45) is 0 Å². The summed E-state index contributed by atoms with van der Waals surface area (Å²) in [6, 6.07) is 8.35. The lowest BCUT2D eigenvalue weighted by Crippen LogP contribution is -2.27. The summed E-state index contributed by atoms with van der Waals surface area (Å²) in [5, 5.41) is 0. The first kappa shape index (κ1) is 15.1. The van der Waals surface area contributed by atoms with E-state index in [0.29, 0.717) is 24.5 Å². The Kier molecular flexibility index (Phi) is 5.31. The van der Waals surface area contributed by atoms with Gasteiger partial charge in [-0.25, -0.2) is 13.1 Å². The first-order valence-corrected chi connectivity index (χ1v) is 7.48. The molecule has 0 atom stereocenters. The zero-order valence-corrected chi connectivity index (χ0v) is 12.0. The van der Waals surface area contributed by atoms with Crippen LogP contribution >= 0.6 is 0 Å². The number of hydrogen-bond donors (Lipinski definition) is 1. The maximum atomic E-state index is 11.8. The molecule has 0 aliphatic rings. The second-order valence-corrected chi connectivity index (χ2v) is 6.79. The Hall–Kier alpha value is -0.910. The summed E-state index contributed by atoms with van der Waals surface area (Å²) in [6.45, 7) is 6.84. The van der Waals surface area contributed by atoms with Crippen LogP contribution in [0.15, 0.2) is 35.2 Å². The quantitative estimate of drug-likeness (QED) is 0.807. The summed E-state index contributed by atoms with van der Waals surface area (Å²) >= 11 is 0. The van der Waals surface area contributed by atoms with Crippen LogP contribution in [0.2, 0.25) is 0 Å². The molecule has 1 aromatic rings. The molecular formula is C13H21NO3S. The van der Waals surface area contributed by atoms with Gasteiger partial charge in [-0.05, 0) is 39.3 Å². The summed E-state index contributed by atoms with van der Waals surface area (Å²) in [4.78, 5) is 0.293. The maximum Gasteiger partial charge on any atom is 0.240 e. The Bertz CT molecular complexity index is 449. The fraction of sp³-hybridized carbons (Fsp3) is 0.538. The van der Waals surface area contributed by atoms with Gasteiger partial charge >= 0.3 is 0 Å². The van der Waals surface area contributed by atoms with Crippen LogP contribution in [0.4, 0.5) is 0 Å². The van der Waals surface area contributed by atoms with E-state index in [1.54, 1.807) is 30.3 Å². The first-order valence-electron chi connectivity index (χ1n) is 6.00. The normalized spacial score (nSPS) is 12.6. The third kappa shape index (κ3) is 5.62. The molecule has 0 unspecified atom stereocenters.